The largest absolute Gasteiger partial charge is 0.542 e. The molecule has 28 heavy (non-hydrogen) atoms. The second-order valence-corrected chi connectivity index (χ2v) is 17.9. The van der Waals surface area contributed by atoms with Crippen molar-refractivity contribution in [3.8, 4) is 17.2 Å². The van der Waals surface area contributed by atoms with Gasteiger partial charge >= 0.3 is 0 Å². The molecule has 4 nitrogen and oxygen atoms in total. The number of rotatable bonds is 8. The first kappa shape index (κ1) is 22.2. The molecule has 0 bridgehead atoms. The highest BCUT2D eigenvalue weighted by atomic mass is 28.4. The van der Waals surface area contributed by atoms with Crippen LogP contribution in [0.25, 0.3) is 0 Å². The molecule has 2 rings (SSSR count). The third kappa shape index (κ3) is 6.24. The average molecular weight is 417 g/mol. The molecule has 2 aromatic rings. The molecular weight excluding hydrogens is 384 g/mol. The van der Waals surface area contributed by atoms with Crippen LogP contribution in [0.1, 0.15) is 27.0 Å². The van der Waals surface area contributed by atoms with Crippen LogP contribution >= 0.6 is 0 Å². The lowest BCUT2D eigenvalue weighted by atomic mass is 10.1. The molecule has 0 unspecified atom stereocenters. The summed E-state index contributed by atoms with van der Waals surface area (Å²) in [5.41, 5.74) is 3.52. The van der Waals surface area contributed by atoms with Crippen molar-refractivity contribution in [3.63, 3.8) is 0 Å². The van der Waals surface area contributed by atoms with Gasteiger partial charge in [-0.2, -0.15) is 0 Å². The minimum atomic E-state index is -1.86. The third-order valence-corrected chi connectivity index (χ3v) is 5.61. The first-order valence-corrected chi connectivity index (χ1v) is 16.4. The van der Waals surface area contributed by atoms with Crippen LogP contribution < -0.4 is 13.6 Å². The molecule has 0 N–H and O–H groups in total. The van der Waals surface area contributed by atoms with E-state index >= 15 is 0 Å². The molecule has 0 aromatic heterocycles. The summed E-state index contributed by atoms with van der Waals surface area (Å²) in [6, 6.07) is 9.76. The summed E-state index contributed by atoms with van der Waals surface area (Å²) in [4.78, 5) is 11.8. The quantitative estimate of drug-likeness (QED) is 0.384. The zero-order valence-corrected chi connectivity index (χ0v) is 20.3. The lowest BCUT2D eigenvalue weighted by molar-refractivity contribution is 0.112. The molecule has 0 radical (unpaired) electrons. The molecule has 0 aliphatic carbocycles. The Balaban J connectivity index is 2.42. The Morgan fingerprint density at radius 2 is 1.36 bits per heavy atom. The number of hydrogen-bond acceptors (Lipinski definition) is 4. The standard InChI is InChI=1S/C22H32O4Si2/c1-16-10-9-11-17(2)22(16)24-15-19-13-21(26-28(6,7)8)20(12-18(19)14-23)25-27(3,4)5/h9-14H,15H2,1-8H3. The van der Waals surface area contributed by atoms with Gasteiger partial charge in [0.2, 0.25) is 16.6 Å². The Bertz CT molecular complexity index is 829. The molecule has 0 amide bonds. The van der Waals surface area contributed by atoms with Crippen LogP contribution in [0.15, 0.2) is 30.3 Å². The van der Waals surface area contributed by atoms with Crippen molar-refractivity contribution in [2.75, 3.05) is 0 Å². The van der Waals surface area contributed by atoms with Crippen LogP contribution in [0.3, 0.4) is 0 Å². The topological polar surface area (TPSA) is 44.8 Å². The van der Waals surface area contributed by atoms with E-state index in [0.29, 0.717) is 23.7 Å². The normalized spacial score (nSPS) is 11.9. The smallest absolute Gasteiger partial charge is 0.242 e. The fourth-order valence-corrected chi connectivity index (χ4v) is 4.49. The van der Waals surface area contributed by atoms with Crippen molar-refractivity contribution in [2.45, 2.75) is 59.7 Å². The number of carbonyl (C=O) groups is 1. The zero-order chi connectivity index (χ0) is 21.1. The maximum Gasteiger partial charge on any atom is 0.242 e. The number of aldehydes is 1. The summed E-state index contributed by atoms with van der Waals surface area (Å²) in [5, 5.41) is 0. The zero-order valence-electron chi connectivity index (χ0n) is 18.3. The Kier molecular flexibility index (Phi) is 6.77. The molecule has 0 aliphatic heterocycles. The van der Waals surface area contributed by atoms with Gasteiger partial charge in [-0.3, -0.25) is 4.79 Å². The van der Waals surface area contributed by atoms with Crippen molar-refractivity contribution >= 4 is 22.9 Å². The molecule has 0 spiro atoms. The predicted molar refractivity (Wildman–Crippen MR) is 120 cm³/mol. The lowest BCUT2D eigenvalue weighted by Crippen LogP contribution is -2.32. The van der Waals surface area contributed by atoms with Crippen molar-refractivity contribution in [1.82, 2.24) is 0 Å². The summed E-state index contributed by atoms with van der Waals surface area (Å²) in [6.07, 6.45) is 0.860. The van der Waals surface area contributed by atoms with E-state index in [-0.39, 0.29) is 0 Å². The number of aryl methyl sites for hydroxylation is 2. The van der Waals surface area contributed by atoms with Crippen LogP contribution in [0.4, 0.5) is 0 Å². The van der Waals surface area contributed by atoms with Gasteiger partial charge in [-0.1, -0.05) is 18.2 Å². The monoisotopic (exact) mass is 416 g/mol. The summed E-state index contributed by atoms with van der Waals surface area (Å²) in [7, 11) is -3.71. The van der Waals surface area contributed by atoms with Gasteiger partial charge in [0.1, 0.15) is 23.9 Å². The molecule has 6 heteroatoms. The first-order valence-electron chi connectivity index (χ1n) is 9.59. The summed E-state index contributed by atoms with van der Waals surface area (Å²) in [5.74, 6) is 2.21. The third-order valence-electron chi connectivity index (χ3n) is 3.95. The van der Waals surface area contributed by atoms with Crippen molar-refractivity contribution < 1.29 is 18.4 Å². The Hall–Kier alpha value is -2.06. The Morgan fingerprint density at radius 1 is 0.857 bits per heavy atom. The van der Waals surface area contributed by atoms with Crippen LogP contribution in [0.5, 0.6) is 17.2 Å². The lowest BCUT2D eigenvalue weighted by Gasteiger charge is -2.27. The van der Waals surface area contributed by atoms with Crippen molar-refractivity contribution in [1.29, 1.82) is 0 Å². The molecule has 152 valence electrons. The van der Waals surface area contributed by atoms with Gasteiger partial charge in [-0.15, -0.1) is 0 Å². The van der Waals surface area contributed by atoms with E-state index in [1.165, 1.54) is 0 Å². The molecule has 0 atom stereocenters. The van der Waals surface area contributed by atoms with E-state index in [1.54, 1.807) is 6.07 Å². The second kappa shape index (κ2) is 8.53. The fraction of sp³-hybridized carbons (Fsp3) is 0.409. The van der Waals surface area contributed by atoms with Gasteiger partial charge in [0.15, 0.2) is 6.29 Å². The van der Waals surface area contributed by atoms with E-state index in [2.05, 4.69) is 39.3 Å². The summed E-state index contributed by atoms with van der Waals surface area (Å²) < 4.78 is 18.6. The van der Waals surface area contributed by atoms with Crippen molar-refractivity contribution in [2.24, 2.45) is 0 Å². The van der Waals surface area contributed by atoms with E-state index < -0.39 is 16.6 Å². The second-order valence-electron chi connectivity index (χ2n) is 9.05. The molecule has 0 heterocycles. The van der Waals surface area contributed by atoms with Gasteiger partial charge in [-0.25, -0.2) is 0 Å². The van der Waals surface area contributed by atoms with Gasteiger partial charge in [-0.05, 0) is 76.4 Å². The number of carbonyl (C=O) groups excluding carboxylic acids is 1. The number of benzene rings is 2. The predicted octanol–water partition coefficient (Wildman–Crippen LogP) is 6.12. The number of hydrogen-bond donors (Lipinski definition) is 0. The van der Waals surface area contributed by atoms with Crippen LogP contribution in [0.2, 0.25) is 39.3 Å². The fourth-order valence-electron chi connectivity index (χ4n) is 2.85. The van der Waals surface area contributed by atoms with Crippen LogP contribution in [-0.4, -0.2) is 22.9 Å². The SMILES string of the molecule is Cc1cccc(C)c1OCc1cc(O[Si](C)(C)C)c(O[Si](C)(C)C)cc1C=O. The number of para-hydroxylation sites is 1. The minimum Gasteiger partial charge on any atom is -0.542 e. The number of ether oxygens (including phenoxy) is 1. The summed E-state index contributed by atoms with van der Waals surface area (Å²) >= 11 is 0. The van der Waals surface area contributed by atoms with Crippen molar-refractivity contribution in [3.05, 3.63) is 52.6 Å². The highest BCUT2D eigenvalue weighted by Crippen LogP contribution is 2.35. The van der Waals surface area contributed by atoms with Gasteiger partial charge in [0.05, 0.1) is 0 Å². The molecule has 0 fully saturated rings. The van der Waals surface area contributed by atoms with Crippen LogP contribution in [-0.2, 0) is 6.61 Å². The van der Waals surface area contributed by atoms with Gasteiger partial charge < -0.3 is 13.6 Å². The highest BCUT2D eigenvalue weighted by molar-refractivity contribution is 6.71. The van der Waals surface area contributed by atoms with Crippen LogP contribution in [0, 0.1) is 13.8 Å². The van der Waals surface area contributed by atoms with E-state index in [0.717, 1.165) is 28.7 Å². The van der Waals surface area contributed by atoms with E-state index in [1.807, 2.05) is 38.1 Å². The van der Waals surface area contributed by atoms with E-state index in [9.17, 15) is 4.79 Å². The van der Waals surface area contributed by atoms with Gasteiger partial charge in [0.25, 0.3) is 0 Å². The maximum absolute atomic E-state index is 11.8. The van der Waals surface area contributed by atoms with E-state index in [4.69, 9.17) is 13.6 Å². The molecule has 0 saturated heterocycles. The molecule has 0 saturated carbocycles. The maximum atomic E-state index is 11.8. The molecule has 2 aromatic carbocycles. The minimum absolute atomic E-state index is 0.301. The highest BCUT2D eigenvalue weighted by Gasteiger charge is 2.24. The molecule has 0 aliphatic rings. The molecular formula is C22H32O4Si2. The Labute approximate surface area is 171 Å². The summed E-state index contributed by atoms with van der Waals surface area (Å²) in [6.45, 7) is 17.1. The Morgan fingerprint density at radius 3 is 1.82 bits per heavy atom. The van der Waals surface area contributed by atoms with Gasteiger partial charge in [0, 0.05) is 11.1 Å². The first-order chi connectivity index (χ1) is 12.9. The average Bonchev–Trinajstić information content (AvgIpc) is 2.53.